The second kappa shape index (κ2) is 3.18. The molecule has 0 atom stereocenters. The van der Waals surface area contributed by atoms with Gasteiger partial charge in [0.2, 0.25) is 0 Å². The third-order valence-electron chi connectivity index (χ3n) is 1.10. The van der Waals surface area contributed by atoms with Gasteiger partial charge in [0.1, 0.15) is 0 Å². The van der Waals surface area contributed by atoms with Crippen LogP contribution in [0.3, 0.4) is 0 Å². The molecule has 0 radical (unpaired) electrons. The fourth-order valence-electron chi connectivity index (χ4n) is 0.633. The standard InChI is InChI=1S/C6H7NOS2/c8-7(10)5-3-1-2-4-6(5)9/h1-4,8-10H. The highest BCUT2D eigenvalue weighted by atomic mass is 32.1. The van der Waals surface area contributed by atoms with Crippen LogP contribution >= 0.6 is 25.4 Å². The van der Waals surface area contributed by atoms with E-state index in [4.69, 9.17) is 5.21 Å². The first-order valence-corrected chi connectivity index (χ1v) is 3.52. The highest BCUT2D eigenvalue weighted by molar-refractivity contribution is 7.82. The number of nitrogens with zero attached hydrogens (tertiary/aromatic N) is 1. The molecule has 0 aromatic heterocycles. The lowest BCUT2D eigenvalue weighted by Crippen LogP contribution is -2.02. The Hall–Kier alpha value is -0.320. The van der Waals surface area contributed by atoms with Crippen molar-refractivity contribution in [2.24, 2.45) is 0 Å². The molecule has 1 rings (SSSR count). The molecule has 0 saturated carbocycles. The molecule has 1 aromatic rings. The van der Waals surface area contributed by atoms with Crippen molar-refractivity contribution in [3.63, 3.8) is 0 Å². The summed E-state index contributed by atoms with van der Waals surface area (Å²) in [6, 6.07) is 7.13. The van der Waals surface area contributed by atoms with E-state index in [1.165, 1.54) is 0 Å². The quantitative estimate of drug-likeness (QED) is 0.447. The van der Waals surface area contributed by atoms with Crippen molar-refractivity contribution in [2.45, 2.75) is 4.90 Å². The van der Waals surface area contributed by atoms with E-state index in [-0.39, 0.29) is 0 Å². The van der Waals surface area contributed by atoms with Gasteiger partial charge in [0.25, 0.3) is 0 Å². The van der Waals surface area contributed by atoms with Crippen LogP contribution in [0.2, 0.25) is 0 Å². The van der Waals surface area contributed by atoms with Gasteiger partial charge < -0.3 is 0 Å². The van der Waals surface area contributed by atoms with Gasteiger partial charge in [0.05, 0.1) is 5.69 Å². The monoisotopic (exact) mass is 173 g/mol. The first kappa shape index (κ1) is 7.78. The van der Waals surface area contributed by atoms with Gasteiger partial charge in [-0.15, -0.1) is 12.6 Å². The lowest BCUT2D eigenvalue weighted by molar-refractivity contribution is 0.332. The summed E-state index contributed by atoms with van der Waals surface area (Å²) in [6.07, 6.45) is 0. The van der Waals surface area contributed by atoms with Crippen molar-refractivity contribution in [2.75, 3.05) is 4.47 Å². The molecule has 0 aliphatic rings. The van der Waals surface area contributed by atoms with Gasteiger partial charge in [-0.1, -0.05) is 12.1 Å². The molecular weight excluding hydrogens is 166 g/mol. The van der Waals surface area contributed by atoms with Crippen molar-refractivity contribution in [3.05, 3.63) is 24.3 Å². The fraction of sp³-hybridized carbons (Fsp3) is 0. The Morgan fingerprint density at radius 3 is 2.30 bits per heavy atom. The molecule has 1 N–H and O–H groups in total. The average Bonchev–Trinajstić information content (AvgIpc) is 1.88. The average molecular weight is 173 g/mol. The molecule has 1 aromatic carbocycles. The molecule has 0 spiro atoms. The molecule has 0 amide bonds. The Balaban J connectivity index is 3.03. The van der Waals surface area contributed by atoms with Gasteiger partial charge in [0, 0.05) is 4.90 Å². The summed E-state index contributed by atoms with van der Waals surface area (Å²) in [5.41, 5.74) is 0.578. The van der Waals surface area contributed by atoms with Gasteiger partial charge in [-0.2, -0.15) is 0 Å². The van der Waals surface area contributed by atoms with E-state index in [1.54, 1.807) is 18.2 Å². The second-order valence-electron chi connectivity index (χ2n) is 1.78. The van der Waals surface area contributed by atoms with Crippen LogP contribution < -0.4 is 4.47 Å². The summed E-state index contributed by atoms with van der Waals surface area (Å²) in [5.74, 6) is 0. The van der Waals surface area contributed by atoms with Crippen LogP contribution in [0.25, 0.3) is 0 Å². The van der Waals surface area contributed by atoms with Crippen LogP contribution in [-0.2, 0) is 0 Å². The van der Waals surface area contributed by atoms with E-state index in [1.807, 2.05) is 6.07 Å². The van der Waals surface area contributed by atoms with Gasteiger partial charge in [-0.25, -0.2) is 4.47 Å². The van der Waals surface area contributed by atoms with E-state index in [0.29, 0.717) is 10.6 Å². The van der Waals surface area contributed by atoms with Crippen molar-refractivity contribution in [3.8, 4) is 0 Å². The van der Waals surface area contributed by atoms with Gasteiger partial charge in [-0.05, 0) is 24.9 Å². The zero-order valence-electron chi connectivity index (χ0n) is 5.10. The number of benzene rings is 1. The highest BCUT2D eigenvalue weighted by Crippen LogP contribution is 2.22. The van der Waals surface area contributed by atoms with Crippen molar-refractivity contribution >= 4 is 31.1 Å². The normalized spacial score (nSPS) is 9.50. The molecule has 10 heavy (non-hydrogen) atoms. The van der Waals surface area contributed by atoms with Gasteiger partial charge >= 0.3 is 0 Å². The number of rotatable bonds is 1. The zero-order valence-corrected chi connectivity index (χ0v) is 6.89. The topological polar surface area (TPSA) is 23.5 Å². The number of hydrogen-bond acceptors (Lipinski definition) is 4. The van der Waals surface area contributed by atoms with Crippen molar-refractivity contribution < 1.29 is 5.21 Å². The third-order valence-corrected chi connectivity index (χ3v) is 1.69. The van der Waals surface area contributed by atoms with Crippen LogP contribution in [0.4, 0.5) is 5.69 Å². The van der Waals surface area contributed by atoms with Crippen LogP contribution in [-0.4, -0.2) is 5.21 Å². The maximum atomic E-state index is 8.85. The smallest absolute Gasteiger partial charge is 0.0894 e. The van der Waals surface area contributed by atoms with Crippen molar-refractivity contribution in [1.82, 2.24) is 0 Å². The molecule has 2 nitrogen and oxygen atoms in total. The van der Waals surface area contributed by atoms with E-state index in [9.17, 15) is 0 Å². The summed E-state index contributed by atoms with van der Waals surface area (Å²) < 4.78 is 0.738. The molecule has 0 aliphatic heterocycles. The fourth-order valence-corrected chi connectivity index (χ4v) is 1.14. The summed E-state index contributed by atoms with van der Waals surface area (Å²) >= 11 is 7.78. The number of anilines is 1. The Bertz CT molecular complexity index is 227. The predicted octanol–water partition coefficient (Wildman–Crippen LogP) is 2.02. The first-order valence-electron chi connectivity index (χ1n) is 2.67. The Morgan fingerprint density at radius 1 is 1.30 bits per heavy atom. The van der Waals surface area contributed by atoms with Crippen LogP contribution in [0.15, 0.2) is 29.2 Å². The molecule has 0 saturated heterocycles. The summed E-state index contributed by atoms with van der Waals surface area (Å²) in [7, 11) is 0. The Labute approximate surface area is 70.4 Å². The van der Waals surface area contributed by atoms with E-state index in [2.05, 4.69) is 25.4 Å². The lowest BCUT2D eigenvalue weighted by atomic mass is 10.3. The lowest BCUT2D eigenvalue weighted by Gasteiger charge is -2.09. The Kier molecular flexibility index (Phi) is 2.48. The molecule has 54 valence electrons. The molecule has 4 heteroatoms. The maximum Gasteiger partial charge on any atom is 0.0894 e. The summed E-state index contributed by atoms with van der Waals surface area (Å²) in [5, 5.41) is 8.85. The van der Waals surface area contributed by atoms with Gasteiger partial charge in [-0.3, -0.25) is 5.21 Å². The molecule has 0 heterocycles. The largest absolute Gasteiger partial charge is 0.278 e. The third kappa shape index (κ3) is 1.59. The van der Waals surface area contributed by atoms with E-state index < -0.39 is 0 Å². The summed E-state index contributed by atoms with van der Waals surface area (Å²) in [4.78, 5) is 0.694. The first-order chi connectivity index (χ1) is 4.72. The second-order valence-corrected chi connectivity index (χ2v) is 2.64. The Morgan fingerprint density at radius 2 is 1.90 bits per heavy atom. The minimum atomic E-state index is 0.578. The SMILES string of the molecule is ON(S)c1ccccc1S. The molecular formula is C6H7NOS2. The zero-order chi connectivity index (χ0) is 7.56. The minimum absolute atomic E-state index is 0.578. The van der Waals surface area contributed by atoms with Crippen LogP contribution in [0.1, 0.15) is 0 Å². The molecule has 0 aliphatic carbocycles. The minimum Gasteiger partial charge on any atom is -0.278 e. The predicted molar refractivity (Wildman–Crippen MR) is 46.9 cm³/mol. The van der Waals surface area contributed by atoms with E-state index >= 15 is 0 Å². The highest BCUT2D eigenvalue weighted by Gasteiger charge is 1.99. The van der Waals surface area contributed by atoms with Gasteiger partial charge in [0.15, 0.2) is 0 Å². The van der Waals surface area contributed by atoms with Crippen LogP contribution in [0, 0.1) is 0 Å². The maximum absolute atomic E-state index is 8.85. The number of para-hydroxylation sites is 1. The number of hydrogen-bond donors (Lipinski definition) is 3. The number of thiol groups is 2. The molecule has 0 unspecified atom stereocenters. The van der Waals surface area contributed by atoms with Crippen molar-refractivity contribution in [1.29, 1.82) is 0 Å². The summed E-state index contributed by atoms with van der Waals surface area (Å²) in [6.45, 7) is 0. The van der Waals surface area contributed by atoms with E-state index in [0.717, 1.165) is 4.47 Å². The molecule has 0 bridgehead atoms. The molecule has 0 fully saturated rings. The van der Waals surface area contributed by atoms with Crippen LogP contribution in [0.5, 0.6) is 0 Å².